The van der Waals surface area contributed by atoms with Crippen molar-refractivity contribution in [1.82, 2.24) is 16.0 Å². The van der Waals surface area contributed by atoms with Crippen LogP contribution in [0, 0.1) is 0 Å². The molecular weight excluding hydrogens is 538 g/mol. The molecule has 3 rings (SSSR count). The van der Waals surface area contributed by atoms with Crippen molar-refractivity contribution in [2.24, 2.45) is 4.99 Å². The Morgan fingerprint density at radius 2 is 1.81 bits per heavy atom. The smallest absolute Gasteiger partial charge is 0.405 e. The van der Waals surface area contributed by atoms with Crippen LogP contribution in [0.1, 0.15) is 11.1 Å². The Bertz CT molecular complexity index is 922. The van der Waals surface area contributed by atoms with Gasteiger partial charge in [-0.2, -0.15) is 0 Å². The first-order chi connectivity index (χ1) is 14.8. The Kier molecular flexibility index (Phi) is 9.42. The molecule has 7 nitrogen and oxygen atoms in total. The molecule has 1 aliphatic rings. The highest BCUT2D eigenvalue weighted by atomic mass is 127. The van der Waals surface area contributed by atoms with E-state index >= 15 is 0 Å². The molecule has 0 unspecified atom stereocenters. The number of carbonyl (C=O) groups excluding carboxylic acids is 1. The molecule has 2 aromatic rings. The highest BCUT2D eigenvalue weighted by molar-refractivity contribution is 14.0. The number of halogens is 4. The van der Waals surface area contributed by atoms with Gasteiger partial charge in [-0.3, -0.25) is 9.79 Å². The third-order valence-electron chi connectivity index (χ3n) is 4.67. The second-order valence-electron chi connectivity index (χ2n) is 6.87. The van der Waals surface area contributed by atoms with Gasteiger partial charge < -0.3 is 25.6 Å². The maximum atomic E-state index is 12.6. The van der Waals surface area contributed by atoms with Gasteiger partial charge in [0, 0.05) is 44.5 Å². The van der Waals surface area contributed by atoms with Gasteiger partial charge in [0.05, 0.1) is 6.54 Å². The number of benzene rings is 2. The molecule has 32 heavy (non-hydrogen) atoms. The van der Waals surface area contributed by atoms with Crippen molar-refractivity contribution in [3.63, 3.8) is 0 Å². The standard InChI is InChI=1S/C21H24F3N5O2.HI/c1-25-20(28-13-16-4-2-3-5-18(16)31-21(22,23)24)27-12-15-6-8-17(9-7-15)29-11-10-26-19(30)14-29;/h2-9H,10-14H2,1H3,(H,26,30)(H2,25,27,28);1H. The number of aliphatic imine (C=N–C) groups is 1. The van der Waals surface area contributed by atoms with Crippen molar-refractivity contribution >= 4 is 41.5 Å². The van der Waals surface area contributed by atoms with Crippen LogP contribution in [0.25, 0.3) is 0 Å². The zero-order valence-electron chi connectivity index (χ0n) is 17.4. The van der Waals surface area contributed by atoms with E-state index in [0.29, 0.717) is 31.2 Å². The van der Waals surface area contributed by atoms with Crippen LogP contribution in [0.3, 0.4) is 0 Å². The number of guanidine groups is 1. The van der Waals surface area contributed by atoms with Crippen molar-refractivity contribution in [1.29, 1.82) is 0 Å². The summed E-state index contributed by atoms with van der Waals surface area (Å²) in [6.07, 6.45) is -4.75. The maximum absolute atomic E-state index is 12.6. The van der Waals surface area contributed by atoms with Crippen LogP contribution >= 0.6 is 24.0 Å². The number of hydrogen-bond donors (Lipinski definition) is 3. The average molecular weight is 563 g/mol. The quantitative estimate of drug-likeness (QED) is 0.286. The van der Waals surface area contributed by atoms with E-state index in [1.165, 1.54) is 12.1 Å². The number of alkyl halides is 3. The monoisotopic (exact) mass is 563 g/mol. The van der Waals surface area contributed by atoms with Crippen molar-refractivity contribution in [3.05, 3.63) is 59.7 Å². The molecule has 1 saturated heterocycles. The molecule has 0 spiro atoms. The lowest BCUT2D eigenvalue weighted by Crippen LogP contribution is -2.47. The van der Waals surface area contributed by atoms with E-state index in [4.69, 9.17) is 0 Å². The summed E-state index contributed by atoms with van der Waals surface area (Å²) in [5, 5.41) is 8.91. The van der Waals surface area contributed by atoms with Crippen LogP contribution in [0.5, 0.6) is 5.75 Å². The normalized spacial score (nSPS) is 14.3. The molecule has 2 aromatic carbocycles. The van der Waals surface area contributed by atoms with Crippen LogP contribution < -0.4 is 25.6 Å². The number of anilines is 1. The van der Waals surface area contributed by atoms with Gasteiger partial charge in [0.1, 0.15) is 5.75 Å². The first-order valence-electron chi connectivity index (χ1n) is 9.73. The number of rotatable bonds is 6. The number of piperazine rings is 1. The Morgan fingerprint density at radius 1 is 1.12 bits per heavy atom. The molecular formula is C21H25F3IN5O2. The van der Waals surface area contributed by atoms with E-state index in [0.717, 1.165) is 17.8 Å². The molecule has 0 aromatic heterocycles. The Balaban J connectivity index is 0.00000363. The van der Waals surface area contributed by atoms with Crippen LogP contribution in [-0.4, -0.2) is 44.9 Å². The fourth-order valence-electron chi connectivity index (χ4n) is 3.14. The fraction of sp³-hybridized carbons (Fsp3) is 0.333. The van der Waals surface area contributed by atoms with Gasteiger partial charge in [-0.05, 0) is 23.8 Å². The zero-order valence-corrected chi connectivity index (χ0v) is 19.7. The van der Waals surface area contributed by atoms with Gasteiger partial charge in [0.15, 0.2) is 5.96 Å². The van der Waals surface area contributed by atoms with Gasteiger partial charge in [0.2, 0.25) is 5.91 Å². The van der Waals surface area contributed by atoms with E-state index in [9.17, 15) is 18.0 Å². The predicted molar refractivity (Wildman–Crippen MR) is 127 cm³/mol. The second-order valence-corrected chi connectivity index (χ2v) is 6.87. The first kappa shape index (κ1) is 25.6. The van der Waals surface area contributed by atoms with Gasteiger partial charge in [0.25, 0.3) is 0 Å². The molecule has 1 fully saturated rings. The third-order valence-corrected chi connectivity index (χ3v) is 4.67. The van der Waals surface area contributed by atoms with Crippen LogP contribution in [0.15, 0.2) is 53.5 Å². The third kappa shape index (κ3) is 7.77. The van der Waals surface area contributed by atoms with Gasteiger partial charge in [-0.15, -0.1) is 37.1 Å². The number of hydrogen-bond acceptors (Lipinski definition) is 4. The summed E-state index contributed by atoms with van der Waals surface area (Å²) in [5.41, 5.74) is 2.33. The van der Waals surface area contributed by atoms with Gasteiger partial charge >= 0.3 is 6.36 Å². The molecule has 0 aliphatic carbocycles. The molecule has 174 valence electrons. The highest BCUT2D eigenvalue weighted by Crippen LogP contribution is 2.26. The summed E-state index contributed by atoms with van der Waals surface area (Å²) < 4.78 is 41.7. The van der Waals surface area contributed by atoms with Crippen molar-refractivity contribution in [2.45, 2.75) is 19.5 Å². The van der Waals surface area contributed by atoms with E-state index in [1.54, 1.807) is 19.2 Å². The lowest BCUT2D eigenvalue weighted by atomic mass is 10.2. The minimum absolute atomic E-state index is 0. The van der Waals surface area contributed by atoms with Crippen molar-refractivity contribution in [2.75, 3.05) is 31.6 Å². The van der Waals surface area contributed by atoms with Crippen molar-refractivity contribution < 1.29 is 22.7 Å². The van der Waals surface area contributed by atoms with E-state index in [2.05, 4.69) is 25.7 Å². The molecule has 0 atom stereocenters. The number of amides is 1. The van der Waals surface area contributed by atoms with Gasteiger partial charge in [-0.25, -0.2) is 0 Å². The molecule has 3 N–H and O–H groups in total. The number of carbonyl (C=O) groups is 1. The number of nitrogens with one attached hydrogen (secondary N) is 3. The number of nitrogens with zero attached hydrogens (tertiary/aromatic N) is 2. The summed E-state index contributed by atoms with van der Waals surface area (Å²) in [4.78, 5) is 17.6. The summed E-state index contributed by atoms with van der Waals surface area (Å²) in [6.45, 7) is 2.32. The second kappa shape index (κ2) is 11.8. The molecule has 0 saturated carbocycles. The summed E-state index contributed by atoms with van der Waals surface area (Å²) in [6, 6.07) is 13.8. The van der Waals surface area contributed by atoms with E-state index in [-0.39, 0.29) is 42.2 Å². The van der Waals surface area contributed by atoms with Crippen LogP contribution in [0.2, 0.25) is 0 Å². The lowest BCUT2D eigenvalue weighted by Gasteiger charge is -2.28. The zero-order chi connectivity index (χ0) is 22.3. The Morgan fingerprint density at radius 3 is 2.47 bits per heavy atom. The van der Waals surface area contributed by atoms with Crippen LogP contribution in [-0.2, 0) is 17.9 Å². The van der Waals surface area contributed by atoms with E-state index < -0.39 is 6.36 Å². The minimum atomic E-state index is -4.75. The fourth-order valence-corrected chi connectivity index (χ4v) is 3.14. The molecule has 11 heteroatoms. The number of ether oxygens (including phenoxy) is 1. The van der Waals surface area contributed by atoms with E-state index in [1.807, 2.05) is 29.2 Å². The molecule has 1 aliphatic heterocycles. The molecule has 0 radical (unpaired) electrons. The minimum Gasteiger partial charge on any atom is -0.405 e. The largest absolute Gasteiger partial charge is 0.573 e. The Hall–Kier alpha value is -2.70. The van der Waals surface area contributed by atoms with Gasteiger partial charge in [-0.1, -0.05) is 30.3 Å². The Labute approximate surface area is 201 Å². The summed E-state index contributed by atoms with van der Waals surface area (Å²) >= 11 is 0. The summed E-state index contributed by atoms with van der Waals surface area (Å²) in [7, 11) is 1.58. The topological polar surface area (TPSA) is 78.0 Å². The average Bonchev–Trinajstić information content (AvgIpc) is 2.74. The lowest BCUT2D eigenvalue weighted by molar-refractivity contribution is -0.274. The summed E-state index contributed by atoms with van der Waals surface area (Å²) in [5.74, 6) is 0.201. The maximum Gasteiger partial charge on any atom is 0.573 e. The molecule has 1 amide bonds. The highest BCUT2D eigenvalue weighted by Gasteiger charge is 2.31. The predicted octanol–water partition coefficient (Wildman–Crippen LogP) is 3.00. The first-order valence-corrected chi connectivity index (χ1v) is 9.73. The molecule has 1 heterocycles. The number of para-hydroxylation sites is 1. The molecule has 0 bridgehead atoms. The van der Waals surface area contributed by atoms with Crippen LogP contribution in [0.4, 0.5) is 18.9 Å². The SMILES string of the molecule is CN=C(NCc1ccc(N2CCNC(=O)C2)cc1)NCc1ccccc1OC(F)(F)F.I. The van der Waals surface area contributed by atoms with Crippen molar-refractivity contribution in [3.8, 4) is 5.75 Å².